The van der Waals surface area contributed by atoms with Gasteiger partial charge in [0.2, 0.25) is 10.0 Å². The number of amides is 1. The van der Waals surface area contributed by atoms with E-state index in [2.05, 4.69) is 26.0 Å². The molecule has 0 fully saturated rings. The number of hydrogen-bond donors (Lipinski definition) is 2. The molecule has 8 heteroatoms. The third-order valence-corrected chi connectivity index (χ3v) is 4.46. The number of furan rings is 1. The van der Waals surface area contributed by atoms with E-state index in [0.717, 1.165) is 0 Å². The van der Waals surface area contributed by atoms with Crippen molar-refractivity contribution in [1.29, 1.82) is 0 Å². The van der Waals surface area contributed by atoms with E-state index in [0.29, 0.717) is 4.67 Å². The van der Waals surface area contributed by atoms with Gasteiger partial charge in [0, 0.05) is 13.1 Å². The van der Waals surface area contributed by atoms with Crippen LogP contribution in [-0.2, 0) is 10.0 Å². The highest BCUT2D eigenvalue weighted by Crippen LogP contribution is 2.13. The third-order valence-electron chi connectivity index (χ3n) is 2.55. The SMILES string of the molecule is O=C(NCCNS(=O)(=O)c1ccccc1)c1ccc(Br)o1. The molecule has 0 spiro atoms. The lowest BCUT2D eigenvalue weighted by molar-refractivity contribution is 0.0925. The van der Waals surface area contributed by atoms with Gasteiger partial charge in [0.15, 0.2) is 10.4 Å². The van der Waals surface area contributed by atoms with Crippen LogP contribution >= 0.6 is 15.9 Å². The summed E-state index contributed by atoms with van der Waals surface area (Å²) in [7, 11) is -3.55. The fourth-order valence-electron chi connectivity index (χ4n) is 1.57. The summed E-state index contributed by atoms with van der Waals surface area (Å²) in [5, 5.41) is 2.56. The number of nitrogens with one attached hydrogen (secondary N) is 2. The Balaban J connectivity index is 1.81. The normalized spacial score (nSPS) is 11.3. The zero-order valence-electron chi connectivity index (χ0n) is 10.9. The molecule has 0 bridgehead atoms. The molecule has 0 atom stereocenters. The molecule has 21 heavy (non-hydrogen) atoms. The summed E-state index contributed by atoms with van der Waals surface area (Å²) >= 11 is 3.10. The van der Waals surface area contributed by atoms with Gasteiger partial charge >= 0.3 is 0 Å². The summed E-state index contributed by atoms with van der Waals surface area (Å²) in [6.45, 7) is 0.244. The van der Waals surface area contributed by atoms with Crippen LogP contribution in [0, 0.1) is 0 Å². The zero-order chi connectivity index (χ0) is 15.3. The summed E-state index contributed by atoms with van der Waals surface area (Å²) in [5.41, 5.74) is 0. The van der Waals surface area contributed by atoms with Gasteiger partial charge in [-0.1, -0.05) is 18.2 Å². The molecule has 0 aliphatic carbocycles. The van der Waals surface area contributed by atoms with Gasteiger partial charge in [0.05, 0.1) is 4.90 Å². The Morgan fingerprint density at radius 3 is 2.43 bits per heavy atom. The maximum atomic E-state index is 11.9. The van der Waals surface area contributed by atoms with Gasteiger partial charge in [-0.3, -0.25) is 4.79 Å². The van der Waals surface area contributed by atoms with E-state index in [-0.39, 0.29) is 23.7 Å². The molecule has 1 amide bonds. The van der Waals surface area contributed by atoms with Crippen LogP contribution < -0.4 is 10.0 Å². The molecule has 112 valence electrons. The highest BCUT2D eigenvalue weighted by molar-refractivity contribution is 9.10. The maximum absolute atomic E-state index is 11.9. The van der Waals surface area contributed by atoms with Crippen LogP contribution in [0.4, 0.5) is 0 Å². The smallest absolute Gasteiger partial charge is 0.287 e. The average molecular weight is 373 g/mol. The number of halogens is 1. The second-order valence-electron chi connectivity index (χ2n) is 4.07. The van der Waals surface area contributed by atoms with E-state index in [1.165, 1.54) is 18.2 Å². The largest absolute Gasteiger partial charge is 0.444 e. The van der Waals surface area contributed by atoms with E-state index >= 15 is 0 Å². The number of rotatable bonds is 6. The van der Waals surface area contributed by atoms with Crippen LogP contribution in [0.5, 0.6) is 0 Å². The molecule has 6 nitrogen and oxygen atoms in total. The highest BCUT2D eigenvalue weighted by atomic mass is 79.9. The molecule has 0 radical (unpaired) electrons. The quantitative estimate of drug-likeness (QED) is 0.756. The third kappa shape index (κ3) is 4.42. The molecule has 0 aliphatic rings. The van der Waals surface area contributed by atoms with E-state index in [9.17, 15) is 13.2 Å². The number of hydrogen-bond acceptors (Lipinski definition) is 4. The second-order valence-corrected chi connectivity index (χ2v) is 6.62. The Kier molecular flexibility index (Phi) is 5.16. The van der Waals surface area contributed by atoms with Crippen LogP contribution in [0.3, 0.4) is 0 Å². The topological polar surface area (TPSA) is 88.4 Å². The zero-order valence-corrected chi connectivity index (χ0v) is 13.3. The lowest BCUT2D eigenvalue weighted by Crippen LogP contribution is -2.34. The summed E-state index contributed by atoms with van der Waals surface area (Å²) in [5.74, 6) is -0.243. The Bertz CT molecular complexity index is 713. The molecule has 2 rings (SSSR count). The van der Waals surface area contributed by atoms with Gasteiger partial charge in [0.25, 0.3) is 5.91 Å². The number of carbonyl (C=O) groups is 1. The lowest BCUT2D eigenvalue weighted by Gasteiger charge is -2.07. The first-order valence-corrected chi connectivity index (χ1v) is 8.35. The predicted octanol–water partition coefficient (Wildman–Crippen LogP) is 1.75. The van der Waals surface area contributed by atoms with Crippen molar-refractivity contribution >= 4 is 31.9 Å². The minimum Gasteiger partial charge on any atom is -0.444 e. The van der Waals surface area contributed by atoms with Crippen LogP contribution in [0.1, 0.15) is 10.6 Å². The number of carbonyl (C=O) groups excluding carboxylic acids is 1. The minimum atomic E-state index is -3.55. The first-order valence-electron chi connectivity index (χ1n) is 6.07. The Labute approximate surface area is 130 Å². The number of benzene rings is 1. The molecule has 0 saturated heterocycles. The molecular weight excluding hydrogens is 360 g/mol. The molecule has 1 heterocycles. The van der Waals surface area contributed by atoms with Crippen molar-refractivity contribution in [3.63, 3.8) is 0 Å². The van der Waals surface area contributed by atoms with Crippen LogP contribution in [0.25, 0.3) is 0 Å². The molecule has 2 N–H and O–H groups in total. The van der Waals surface area contributed by atoms with Crippen LogP contribution in [-0.4, -0.2) is 27.4 Å². The Hall–Kier alpha value is -1.64. The first kappa shape index (κ1) is 15.7. The average Bonchev–Trinajstić information content (AvgIpc) is 2.91. The van der Waals surface area contributed by atoms with Crippen molar-refractivity contribution < 1.29 is 17.6 Å². The molecule has 0 unspecified atom stereocenters. The Morgan fingerprint density at radius 2 is 1.81 bits per heavy atom. The lowest BCUT2D eigenvalue weighted by atomic mass is 10.4. The van der Waals surface area contributed by atoms with E-state index < -0.39 is 15.9 Å². The van der Waals surface area contributed by atoms with Gasteiger partial charge in [-0.15, -0.1) is 0 Å². The maximum Gasteiger partial charge on any atom is 0.287 e. The summed E-state index contributed by atoms with van der Waals surface area (Å²) < 4.78 is 31.7. The van der Waals surface area contributed by atoms with Crippen molar-refractivity contribution in [2.45, 2.75) is 4.90 Å². The van der Waals surface area contributed by atoms with Gasteiger partial charge in [-0.25, -0.2) is 13.1 Å². The molecule has 0 aliphatic heterocycles. The molecule has 0 saturated carbocycles. The van der Waals surface area contributed by atoms with Gasteiger partial charge in [-0.2, -0.15) is 0 Å². The molecule has 1 aromatic heterocycles. The van der Waals surface area contributed by atoms with Crippen LogP contribution in [0.2, 0.25) is 0 Å². The molecule has 1 aromatic carbocycles. The fourth-order valence-corrected chi connectivity index (χ4v) is 2.93. The highest BCUT2D eigenvalue weighted by Gasteiger charge is 2.13. The standard InChI is InChI=1S/C13H13BrN2O4S/c14-12-7-6-11(20-12)13(17)15-8-9-16-21(18,19)10-4-2-1-3-5-10/h1-7,16H,8-9H2,(H,15,17). The fraction of sp³-hybridized carbons (Fsp3) is 0.154. The minimum absolute atomic E-state index is 0.0881. The van der Waals surface area contributed by atoms with Crippen molar-refractivity contribution in [1.82, 2.24) is 10.0 Å². The van der Waals surface area contributed by atoms with Gasteiger partial charge in [-0.05, 0) is 40.2 Å². The second kappa shape index (κ2) is 6.88. The van der Waals surface area contributed by atoms with E-state index in [1.54, 1.807) is 24.3 Å². The predicted molar refractivity (Wildman–Crippen MR) is 80.4 cm³/mol. The molecule has 2 aromatic rings. The monoisotopic (exact) mass is 372 g/mol. The first-order chi connectivity index (χ1) is 9.99. The van der Waals surface area contributed by atoms with Gasteiger partial charge in [0.1, 0.15) is 0 Å². The Morgan fingerprint density at radius 1 is 1.10 bits per heavy atom. The molecular formula is C13H13BrN2O4S. The van der Waals surface area contributed by atoms with Gasteiger partial charge < -0.3 is 9.73 Å². The van der Waals surface area contributed by atoms with Crippen LogP contribution in [0.15, 0.2) is 56.4 Å². The van der Waals surface area contributed by atoms with E-state index in [4.69, 9.17) is 4.42 Å². The van der Waals surface area contributed by atoms with Crippen molar-refractivity contribution in [3.8, 4) is 0 Å². The summed E-state index contributed by atoms with van der Waals surface area (Å²) in [6, 6.07) is 11.2. The van der Waals surface area contributed by atoms with Crippen molar-refractivity contribution in [2.24, 2.45) is 0 Å². The summed E-state index contributed by atoms with van der Waals surface area (Å²) in [4.78, 5) is 11.8. The van der Waals surface area contributed by atoms with E-state index in [1.807, 2.05) is 0 Å². The number of sulfonamides is 1. The summed E-state index contributed by atoms with van der Waals surface area (Å²) in [6.07, 6.45) is 0. The van der Waals surface area contributed by atoms with Crippen molar-refractivity contribution in [2.75, 3.05) is 13.1 Å². The van der Waals surface area contributed by atoms with Crippen molar-refractivity contribution in [3.05, 3.63) is 52.9 Å².